The summed E-state index contributed by atoms with van der Waals surface area (Å²) in [5.41, 5.74) is -1.90. The van der Waals surface area contributed by atoms with Crippen molar-refractivity contribution < 1.29 is 44.0 Å². The van der Waals surface area contributed by atoms with Gasteiger partial charge in [-0.2, -0.15) is 0 Å². The monoisotopic (exact) mass is 700 g/mol. The molecule has 9 nitrogen and oxygen atoms in total. The van der Waals surface area contributed by atoms with Gasteiger partial charge in [-0.1, -0.05) is 57.8 Å². The van der Waals surface area contributed by atoms with E-state index in [2.05, 4.69) is 0 Å². The average molecular weight is 701 g/mol. The van der Waals surface area contributed by atoms with Gasteiger partial charge in [0, 0.05) is 49.4 Å². The molecular weight excluding hydrogens is 636 g/mol. The van der Waals surface area contributed by atoms with Crippen LogP contribution in [0.5, 0.6) is 0 Å². The summed E-state index contributed by atoms with van der Waals surface area (Å²) >= 11 is 0. The number of esters is 1. The van der Waals surface area contributed by atoms with Crippen molar-refractivity contribution in [1.29, 1.82) is 0 Å². The van der Waals surface area contributed by atoms with E-state index in [0.717, 1.165) is 18.4 Å². The molecule has 2 fully saturated rings. The highest BCUT2D eigenvalue weighted by Gasteiger charge is 2.58. The first kappa shape index (κ1) is 40.6. The zero-order valence-corrected chi connectivity index (χ0v) is 32.0. The topological polar surface area (TPSA) is 147 Å². The van der Waals surface area contributed by atoms with Gasteiger partial charge < -0.3 is 24.8 Å². The van der Waals surface area contributed by atoms with Crippen molar-refractivity contribution in [3.63, 3.8) is 0 Å². The molecule has 4 rings (SSSR count). The van der Waals surface area contributed by atoms with Crippen LogP contribution in [0.15, 0.2) is 22.8 Å². The first-order valence-corrected chi connectivity index (χ1v) is 19.1. The molecule has 11 atom stereocenters. The minimum absolute atomic E-state index is 0.0293. The minimum Gasteiger partial charge on any atom is -0.469 e. The van der Waals surface area contributed by atoms with Gasteiger partial charge in [0.25, 0.3) is 0 Å². The van der Waals surface area contributed by atoms with Gasteiger partial charge in [-0.05, 0) is 83.6 Å². The highest BCUT2D eigenvalue weighted by Crippen LogP contribution is 2.54. The molecule has 2 aliphatic heterocycles. The number of hydrogen-bond acceptors (Lipinski definition) is 9. The molecule has 0 aromatic heterocycles. The predicted octanol–water partition coefficient (Wildman–Crippen LogP) is 6.25. The molecule has 0 spiro atoms. The lowest BCUT2D eigenvalue weighted by Gasteiger charge is -2.49. The quantitative estimate of drug-likeness (QED) is 0.225. The van der Waals surface area contributed by atoms with E-state index in [1.807, 2.05) is 47.6 Å². The Kier molecular flexibility index (Phi) is 12.8. The van der Waals surface area contributed by atoms with Crippen LogP contribution in [0.2, 0.25) is 0 Å². The summed E-state index contributed by atoms with van der Waals surface area (Å²) in [6, 6.07) is 0. The van der Waals surface area contributed by atoms with Crippen LogP contribution in [-0.2, 0) is 28.7 Å². The van der Waals surface area contributed by atoms with Crippen LogP contribution in [0.4, 0.5) is 0 Å². The molecular formula is C41H64O9. The Morgan fingerprint density at radius 1 is 0.920 bits per heavy atom. The third-order valence-corrected chi connectivity index (χ3v) is 12.7. The van der Waals surface area contributed by atoms with E-state index in [0.29, 0.717) is 43.3 Å². The second kappa shape index (κ2) is 15.8. The van der Waals surface area contributed by atoms with E-state index in [9.17, 15) is 34.5 Å². The fraction of sp³-hybridized carbons (Fsp3) is 0.805. The molecule has 9 heteroatoms. The van der Waals surface area contributed by atoms with Crippen LogP contribution in [0, 0.1) is 40.9 Å². The minimum atomic E-state index is -1.55. The Labute approximate surface area is 299 Å². The molecule has 1 saturated heterocycles. The standard InChI is InChI=1S/C41H64O9/c1-23(2)28-19-30(42)26(5)12-10-11-24(3)18-31(43)37-29-17-25(4)13-14-34-39(7,47)16-15-35(50-34)40(8,48)21-33(45)36(29)27(6)20-41(37,22-32(28)44)38(46)49-9/h17,23-24,26,28-29,33-35,37,45,47-48H,10-16,18-22H2,1-9H3/b25-17+/t24-,26+,28-,29-,33+,34-,35+,37+,39+,40-,41+/m0/s1. The van der Waals surface area contributed by atoms with Gasteiger partial charge in [0.15, 0.2) is 0 Å². The number of allylic oxidation sites excluding steroid dienone is 3. The van der Waals surface area contributed by atoms with Crippen molar-refractivity contribution in [2.24, 2.45) is 40.9 Å². The van der Waals surface area contributed by atoms with Crippen molar-refractivity contribution >= 4 is 23.3 Å². The van der Waals surface area contributed by atoms with Crippen molar-refractivity contribution in [1.82, 2.24) is 0 Å². The Morgan fingerprint density at radius 3 is 2.22 bits per heavy atom. The number of fused-ring (bicyclic) bond motifs is 5. The van der Waals surface area contributed by atoms with Crippen LogP contribution in [-0.4, -0.2) is 75.3 Å². The Morgan fingerprint density at radius 2 is 1.58 bits per heavy atom. The second-order valence-electron chi connectivity index (χ2n) is 17.5. The third-order valence-electron chi connectivity index (χ3n) is 12.7. The molecule has 0 radical (unpaired) electrons. The summed E-state index contributed by atoms with van der Waals surface area (Å²) in [6.45, 7) is 15.0. The number of carbonyl (C=O) groups is 4. The lowest BCUT2D eigenvalue weighted by Crippen LogP contribution is -2.56. The highest BCUT2D eigenvalue weighted by atomic mass is 16.5. The molecule has 0 amide bonds. The van der Waals surface area contributed by atoms with E-state index in [1.165, 1.54) is 7.11 Å². The maximum Gasteiger partial charge on any atom is 0.313 e. The van der Waals surface area contributed by atoms with Gasteiger partial charge >= 0.3 is 5.97 Å². The van der Waals surface area contributed by atoms with Crippen LogP contribution < -0.4 is 0 Å². The lowest BCUT2D eigenvalue weighted by molar-refractivity contribution is -0.219. The van der Waals surface area contributed by atoms with Gasteiger partial charge in [-0.25, -0.2) is 0 Å². The number of ether oxygens (including phenoxy) is 2. The van der Waals surface area contributed by atoms with Gasteiger partial charge in [-0.3, -0.25) is 19.2 Å². The summed E-state index contributed by atoms with van der Waals surface area (Å²) in [6.07, 6.45) is 3.69. The Bertz CT molecular complexity index is 1360. The fourth-order valence-electron chi connectivity index (χ4n) is 9.64. The van der Waals surface area contributed by atoms with E-state index in [-0.39, 0.29) is 67.2 Å². The van der Waals surface area contributed by atoms with Crippen LogP contribution >= 0.6 is 0 Å². The largest absolute Gasteiger partial charge is 0.469 e. The number of ketones is 3. The normalized spacial score (nSPS) is 42.7. The Hall–Kier alpha value is -2.20. The summed E-state index contributed by atoms with van der Waals surface area (Å²) in [5.74, 6) is -3.72. The van der Waals surface area contributed by atoms with Gasteiger partial charge in [0.2, 0.25) is 0 Å². The van der Waals surface area contributed by atoms with E-state index >= 15 is 0 Å². The lowest BCUT2D eigenvalue weighted by atomic mass is 9.54. The molecule has 2 heterocycles. The van der Waals surface area contributed by atoms with Crippen molar-refractivity contribution in [3.8, 4) is 0 Å². The van der Waals surface area contributed by atoms with Crippen LogP contribution in [0.25, 0.3) is 0 Å². The molecule has 2 bridgehead atoms. The molecule has 50 heavy (non-hydrogen) atoms. The SMILES string of the molecule is COC(=O)[C@]12CC(=O)[C@H](C(C)C)CC(=O)[C@H](C)CCC[C@H](C)CC(=O)[C@H]1[C@H]1/C=C(\C)CC[C@@H]3O[C@H](CC[C@@]3(C)O)[C@@](C)(O)C[C@@H](O)C1=C(C)C2. The highest BCUT2D eigenvalue weighted by molar-refractivity contribution is 5.96. The number of aliphatic hydroxyl groups excluding tert-OH is 1. The molecule has 282 valence electrons. The second-order valence-corrected chi connectivity index (χ2v) is 17.5. The zero-order valence-electron chi connectivity index (χ0n) is 32.0. The molecule has 3 N–H and O–H groups in total. The first-order chi connectivity index (χ1) is 23.2. The van der Waals surface area contributed by atoms with Crippen molar-refractivity contribution in [2.75, 3.05) is 7.11 Å². The third kappa shape index (κ3) is 8.53. The maximum absolute atomic E-state index is 14.9. The Balaban J connectivity index is 1.95. The number of rotatable bonds is 2. The summed E-state index contributed by atoms with van der Waals surface area (Å²) < 4.78 is 11.8. The fourth-order valence-corrected chi connectivity index (χ4v) is 9.64. The number of methoxy groups -OCH3 is 1. The number of aliphatic hydroxyl groups is 3. The summed E-state index contributed by atoms with van der Waals surface area (Å²) in [4.78, 5) is 57.1. The van der Waals surface area contributed by atoms with E-state index in [1.54, 1.807) is 13.8 Å². The van der Waals surface area contributed by atoms with Gasteiger partial charge in [0.1, 0.15) is 17.3 Å². The average Bonchev–Trinajstić information content (AvgIpc) is 3.00. The van der Waals surface area contributed by atoms with Gasteiger partial charge in [-0.15, -0.1) is 0 Å². The first-order valence-electron chi connectivity index (χ1n) is 19.1. The van der Waals surface area contributed by atoms with E-state index < -0.39 is 58.7 Å². The summed E-state index contributed by atoms with van der Waals surface area (Å²) in [7, 11) is 1.29. The van der Waals surface area contributed by atoms with E-state index in [4.69, 9.17) is 9.47 Å². The van der Waals surface area contributed by atoms with Crippen molar-refractivity contribution in [2.45, 2.75) is 162 Å². The number of carbonyl (C=O) groups excluding carboxylic acids is 4. The molecule has 0 aromatic carbocycles. The van der Waals surface area contributed by atoms with Crippen LogP contribution in [0.1, 0.15) is 132 Å². The smallest absolute Gasteiger partial charge is 0.313 e. The van der Waals surface area contributed by atoms with Gasteiger partial charge in [0.05, 0.1) is 42.0 Å². The molecule has 0 unspecified atom stereocenters. The van der Waals surface area contributed by atoms with Crippen molar-refractivity contribution in [3.05, 3.63) is 22.8 Å². The molecule has 0 aromatic rings. The molecule has 4 aliphatic rings. The molecule has 2 aliphatic carbocycles. The zero-order chi connectivity index (χ0) is 37.3. The summed E-state index contributed by atoms with van der Waals surface area (Å²) in [5, 5.41) is 35.2. The van der Waals surface area contributed by atoms with Crippen LogP contribution in [0.3, 0.4) is 0 Å². The number of Topliss-reactive ketones (excluding diaryl/α,β-unsaturated/α-hetero) is 3. The number of hydrogen-bond donors (Lipinski definition) is 3. The molecule has 1 saturated carbocycles. The predicted molar refractivity (Wildman–Crippen MR) is 191 cm³/mol. The maximum atomic E-state index is 14.9.